The van der Waals surface area contributed by atoms with Gasteiger partial charge >= 0.3 is 0 Å². The molecule has 0 amide bonds. The molecule has 0 radical (unpaired) electrons. The van der Waals surface area contributed by atoms with Gasteiger partial charge in [0.05, 0.1) is 0 Å². The first kappa shape index (κ1) is 8.73. The molecule has 1 aliphatic heterocycles. The molecule has 3 nitrogen and oxygen atoms in total. The molecule has 13 heavy (non-hydrogen) atoms. The van der Waals surface area contributed by atoms with E-state index in [1.807, 2.05) is 0 Å². The van der Waals surface area contributed by atoms with E-state index in [0.717, 1.165) is 37.5 Å². The monoisotopic (exact) mass is 179 g/mol. The summed E-state index contributed by atoms with van der Waals surface area (Å²) in [6.45, 7) is 5.52. The number of aryl methyl sites for hydroxylation is 2. The second-order valence-corrected chi connectivity index (χ2v) is 4.02. The third kappa shape index (κ3) is 1.74. The van der Waals surface area contributed by atoms with E-state index < -0.39 is 0 Å². The predicted molar refractivity (Wildman–Crippen MR) is 51.5 cm³/mol. The van der Waals surface area contributed by atoms with E-state index in [9.17, 15) is 0 Å². The van der Waals surface area contributed by atoms with Crippen LogP contribution in [0.25, 0.3) is 0 Å². The molecule has 3 heteroatoms. The molecule has 0 aliphatic carbocycles. The van der Waals surface area contributed by atoms with Crippen LogP contribution in [-0.4, -0.2) is 14.8 Å². The minimum absolute atomic E-state index is 0.783. The molecule has 0 N–H and O–H groups in total. The second kappa shape index (κ2) is 3.48. The summed E-state index contributed by atoms with van der Waals surface area (Å²) < 4.78 is 2.09. The zero-order valence-electron chi connectivity index (χ0n) is 8.45. The third-order valence-electron chi connectivity index (χ3n) is 2.63. The van der Waals surface area contributed by atoms with Crippen molar-refractivity contribution < 1.29 is 0 Å². The molecule has 0 aromatic carbocycles. The molecule has 0 saturated carbocycles. The van der Waals surface area contributed by atoms with Crippen LogP contribution in [0.1, 0.15) is 38.3 Å². The van der Waals surface area contributed by atoms with Crippen LogP contribution in [0.15, 0.2) is 0 Å². The van der Waals surface area contributed by atoms with Gasteiger partial charge in [-0.3, -0.25) is 0 Å². The molecule has 0 fully saturated rings. The summed E-state index contributed by atoms with van der Waals surface area (Å²) >= 11 is 0. The molecule has 1 aromatic heterocycles. The first-order valence-corrected chi connectivity index (χ1v) is 5.22. The van der Waals surface area contributed by atoms with Crippen molar-refractivity contribution in [2.24, 2.45) is 5.92 Å². The molecule has 1 unspecified atom stereocenters. The van der Waals surface area contributed by atoms with Crippen LogP contribution in [0.2, 0.25) is 0 Å². The lowest BCUT2D eigenvalue weighted by molar-refractivity contribution is 0.385. The van der Waals surface area contributed by atoms with Gasteiger partial charge < -0.3 is 0 Å². The Morgan fingerprint density at radius 3 is 3.15 bits per heavy atom. The molecule has 0 bridgehead atoms. The zero-order chi connectivity index (χ0) is 9.26. The Labute approximate surface area is 79.2 Å². The van der Waals surface area contributed by atoms with Gasteiger partial charge in [-0.25, -0.2) is 9.67 Å². The van der Waals surface area contributed by atoms with Crippen LogP contribution >= 0.6 is 0 Å². The average Bonchev–Trinajstić information content (AvgIpc) is 2.46. The summed E-state index contributed by atoms with van der Waals surface area (Å²) in [5.41, 5.74) is 0. The van der Waals surface area contributed by atoms with Crippen molar-refractivity contribution in [3.8, 4) is 0 Å². The van der Waals surface area contributed by atoms with Gasteiger partial charge in [-0.05, 0) is 18.8 Å². The lowest BCUT2D eigenvalue weighted by Crippen LogP contribution is -2.18. The highest BCUT2D eigenvalue weighted by Gasteiger charge is 2.17. The second-order valence-electron chi connectivity index (χ2n) is 4.02. The molecular formula is C10H17N3. The first-order chi connectivity index (χ1) is 6.29. The number of nitrogens with zero attached hydrogens (tertiary/aromatic N) is 3. The SMILES string of the molecule is CCCc1nc2n(n1)CCC(C)C2. The number of hydrogen-bond acceptors (Lipinski definition) is 2. The Morgan fingerprint density at radius 1 is 1.54 bits per heavy atom. The summed E-state index contributed by atoms with van der Waals surface area (Å²) in [5, 5.41) is 4.48. The Hall–Kier alpha value is -0.860. The fourth-order valence-electron chi connectivity index (χ4n) is 1.84. The lowest BCUT2D eigenvalue weighted by atomic mass is 10.0. The van der Waals surface area contributed by atoms with Crippen LogP contribution in [0.5, 0.6) is 0 Å². The Balaban J connectivity index is 2.18. The first-order valence-electron chi connectivity index (χ1n) is 5.22. The van der Waals surface area contributed by atoms with Gasteiger partial charge in [-0.2, -0.15) is 5.10 Å². The van der Waals surface area contributed by atoms with Gasteiger partial charge in [0.25, 0.3) is 0 Å². The molecule has 1 aromatic rings. The standard InChI is InChI=1S/C10H17N3/c1-3-4-9-11-10-7-8(2)5-6-13(10)12-9/h8H,3-7H2,1-2H3. The molecule has 1 aliphatic rings. The van der Waals surface area contributed by atoms with Crippen LogP contribution in [0.3, 0.4) is 0 Å². The smallest absolute Gasteiger partial charge is 0.150 e. The fourth-order valence-corrected chi connectivity index (χ4v) is 1.84. The fraction of sp³-hybridized carbons (Fsp3) is 0.800. The number of fused-ring (bicyclic) bond motifs is 1. The lowest BCUT2D eigenvalue weighted by Gasteiger charge is -2.17. The largest absolute Gasteiger partial charge is 0.250 e. The predicted octanol–water partition coefficient (Wildman–Crippen LogP) is 1.81. The highest BCUT2D eigenvalue weighted by atomic mass is 15.3. The van der Waals surface area contributed by atoms with Crippen molar-refractivity contribution >= 4 is 0 Å². The van der Waals surface area contributed by atoms with Crippen molar-refractivity contribution in [3.63, 3.8) is 0 Å². The Kier molecular flexibility index (Phi) is 2.34. The maximum Gasteiger partial charge on any atom is 0.150 e. The van der Waals surface area contributed by atoms with E-state index in [-0.39, 0.29) is 0 Å². The highest BCUT2D eigenvalue weighted by molar-refractivity contribution is 4.97. The summed E-state index contributed by atoms with van der Waals surface area (Å²) in [6.07, 6.45) is 4.52. The maximum absolute atomic E-state index is 4.54. The molecule has 1 atom stereocenters. The van der Waals surface area contributed by atoms with E-state index in [1.54, 1.807) is 0 Å². The van der Waals surface area contributed by atoms with Gasteiger partial charge in [0, 0.05) is 19.4 Å². The molecule has 72 valence electrons. The number of rotatable bonds is 2. The Morgan fingerprint density at radius 2 is 2.38 bits per heavy atom. The van der Waals surface area contributed by atoms with Crippen molar-refractivity contribution in [2.45, 2.75) is 46.1 Å². The number of aromatic nitrogens is 3. The quantitative estimate of drug-likeness (QED) is 0.693. The van der Waals surface area contributed by atoms with Crippen LogP contribution in [0.4, 0.5) is 0 Å². The summed E-state index contributed by atoms with van der Waals surface area (Å²) in [4.78, 5) is 4.54. The van der Waals surface area contributed by atoms with Crippen molar-refractivity contribution in [1.82, 2.24) is 14.8 Å². The van der Waals surface area contributed by atoms with E-state index in [1.165, 1.54) is 12.2 Å². The molecule has 0 spiro atoms. The van der Waals surface area contributed by atoms with E-state index in [0.29, 0.717) is 0 Å². The van der Waals surface area contributed by atoms with Gasteiger partial charge in [0.15, 0.2) is 5.82 Å². The molecular weight excluding hydrogens is 162 g/mol. The topological polar surface area (TPSA) is 30.7 Å². The maximum atomic E-state index is 4.54. The van der Waals surface area contributed by atoms with Gasteiger partial charge in [-0.1, -0.05) is 13.8 Å². The summed E-state index contributed by atoms with van der Waals surface area (Å²) in [7, 11) is 0. The molecule has 2 rings (SSSR count). The average molecular weight is 179 g/mol. The zero-order valence-corrected chi connectivity index (χ0v) is 8.45. The van der Waals surface area contributed by atoms with Crippen molar-refractivity contribution in [3.05, 3.63) is 11.6 Å². The van der Waals surface area contributed by atoms with Crippen LogP contribution in [-0.2, 0) is 19.4 Å². The summed E-state index contributed by atoms with van der Waals surface area (Å²) in [6, 6.07) is 0. The normalized spacial score (nSPS) is 21.5. The van der Waals surface area contributed by atoms with Crippen LogP contribution in [0, 0.1) is 5.92 Å². The minimum Gasteiger partial charge on any atom is -0.250 e. The molecule has 2 heterocycles. The number of hydrogen-bond donors (Lipinski definition) is 0. The van der Waals surface area contributed by atoms with Crippen molar-refractivity contribution in [1.29, 1.82) is 0 Å². The summed E-state index contributed by atoms with van der Waals surface area (Å²) in [5.74, 6) is 3.01. The Bertz CT molecular complexity index is 290. The van der Waals surface area contributed by atoms with Gasteiger partial charge in [0.1, 0.15) is 5.82 Å². The van der Waals surface area contributed by atoms with Crippen LogP contribution < -0.4 is 0 Å². The third-order valence-corrected chi connectivity index (χ3v) is 2.63. The van der Waals surface area contributed by atoms with E-state index in [2.05, 4.69) is 28.6 Å². The van der Waals surface area contributed by atoms with Gasteiger partial charge in [0.2, 0.25) is 0 Å². The van der Waals surface area contributed by atoms with Crippen molar-refractivity contribution in [2.75, 3.05) is 0 Å². The van der Waals surface area contributed by atoms with E-state index in [4.69, 9.17) is 0 Å². The highest BCUT2D eigenvalue weighted by Crippen LogP contribution is 2.17. The minimum atomic E-state index is 0.783. The van der Waals surface area contributed by atoms with E-state index >= 15 is 0 Å². The van der Waals surface area contributed by atoms with Gasteiger partial charge in [-0.15, -0.1) is 0 Å². The molecule has 0 saturated heterocycles.